The maximum atomic E-state index is 11.9. The van der Waals surface area contributed by atoms with Crippen molar-refractivity contribution in [3.8, 4) is 0 Å². The molecule has 0 aliphatic carbocycles. The second kappa shape index (κ2) is 4.71. The van der Waals surface area contributed by atoms with E-state index in [4.69, 9.17) is 0 Å². The van der Waals surface area contributed by atoms with E-state index < -0.39 is 0 Å². The van der Waals surface area contributed by atoms with E-state index in [9.17, 15) is 4.79 Å². The fourth-order valence-electron chi connectivity index (χ4n) is 1.67. The molecule has 0 radical (unpaired) electrons. The molecule has 0 unspecified atom stereocenters. The van der Waals surface area contributed by atoms with Gasteiger partial charge in [0.1, 0.15) is 5.69 Å². The van der Waals surface area contributed by atoms with Gasteiger partial charge >= 0.3 is 0 Å². The number of hydrogen-bond acceptors (Lipinski definition) is 2. The van der Waals surface area contributed by atoms with Crippen molar-refractivity contribution in [1.82, 2.24) is 10.2 Å². The molecule has 1 amide bonds. The highest BCUT2D eigenvalue weighted by molar-refractivity contribution is 9.10. The summed E-state index contributed by atoms with van der Waals surface area (Å²) in [6.07, 6.45) is 1.55. The van der Waals surface area contributed by atoms with Gasteiger partial charge in [-0.05, 0) is 43.2 Å². The number of halogens is 1. The second-order valence-electron chi connectivity index (χ2n) is 3.84. The number of amides is 1. The number of anilines is 1. The van der Waals surface area contributed by atoms with Gasteiger partial charge < -0.3 is 5.32 Å². The van der Waals surface area contributed by atoms with E-state index in [-0.39, 0.29) is 5.91 Å². The number of nitrogens with zero attached hydrogens (tertiary/aromatic N) is 1. The zero-order chi connectivity index (χ0) is 12.4. The Morgan fingerprint density at radius 1 is 1.35 bits per heavy atom. The summed E-state index contributed by atoms with van der Waals surface area (Å²) in [5.41, 5.74) is 3.33. The van der Waals surface area contributed by atoms with Crippen LogP contribution >= 0.6 is 15.9 Å². The minimum Gasteiger partial charge on any atom is -0.320 e. The van der Waals surface area contributed by atoms with E-state index in [1.54, 1.807) is 12.3 Å². The summed E-state index contributed by atoms with van der Waals surface area (Å²) in [4.78, 5) is 11.9. The maximum absolute atomic E-state index is 11.9. The monoisotopic (exact) mass is 293 g/mol. The Morgan fingerprint density at radius 3 is 2.53 bits per heavy atom. The fraction of sp³-hybridized carbons (Fsp3) is 0.167. The molecule has 2 N–H and O–H groups in total. The average Bonchev–Trinajstić information content (AvgIpc) is 2.76. The Bertz CT molecular complexity index is 526. The first-order valence-corrected chi connectivity index (χ1v) is 5.94. The number of aromatic nitrogens is 2. The van der Waals surface area contributed by atoms with E-state index >= 15 is 0 Å². The molecule has 1 aromatic carbocycles. The van der Waals surface area contributed by atoms with Crippen LogP contribution in [0.15, 0.2) is 28.9 Å². The van der Waals surface area contributed by atoms with Crippen molar-refractivity contribution in [3.63, 3.8) is 0 Å². The van der Waals surface area contributed by atoms with Crippen molar-refractivity contribution >= 4 is 27.5 Å². The molecule has 2 rings (SSSR count). The molecule has 0 spiro atoms. The fourth-order valence-corrected chi connectivity index (χ4v) is 2.36. The van der Waals surface area contributed by atoms with E-state index in [0.717, 1.165) is 21.3 Å². The lowest BCUT2D eigenvalue weighted by Gasteiger charge is -2.11. The number of H-pyrrole nitrogens is 1. The molecule has 0 aliphatic heterocycles. The summed E-state index contributed by atoms with van der Waals surface area (Å²) in [6.45, 7) is 3.92. The van der Waals surface area contributed by atoms with E-state index in [1.165, 1.54) is 0 Å². The topological polar surface area (TPSA) is 57.8 Å². The standard InChI is InChI=1S/C12H12BrN3O/c1-7-5-9(13)6-8(2)11(7)15-12(17)10-3-4-14-16-10/h3-6H,1-2H3,(H,14,16)(H,15,17). The lowest BCUT2D eigenvalue weighted by atomic mass is 10.1. The molecule has 1 heterocycles. The summed E-state index contributed by atoms with van der Waals surface area (Å²) < 4.78 is 1.01. The van der Waals surface area contributed by atoms with Crippen molar-refractivity contribution in [2.45, 2.75) is 13.8 Å². The first-order valence-electron chi connectivity index (χ1n) is 5.15. The first kappa shape index (κ1) is 11.9. The van der Waals surface area contributed by atoms with Crippen molar-refractivity contribution < 1.29 is 4.79 Å². The van der Waals surface area contributed by atoms with Gasteiger partial charge in [0.25, 0.3) is 5.91 Å². The minimum absolute atomic E-state index is 0.184. The van der Waals surface area contributed by atoms with Crippen LogP contribution in [0.1, 0.15) is 21.6 Å². The zero-order valence-corrected chi connectivity index (χ0v) is 11.1. The number of carbonyl (C=O) groups is 1. The molecule has 5 heteroatoms. The maximum Gasteiger partial charge on any atom is 0.273 e. The molecule has 0 atom stereocenters. The van der Waals surface area contributed by atoms with E-state index in [0.29, 0.717) is 5.69 Å². The molecule has 0 bridgehead atoms. The molecule has 0 saturated carbocycles. The predicted octanol–water partition coefficient (Wildman–Crippen LogP) is 3.04. The SMILES string of the molecule is Cc1cc(Br)cc(C)c1NC(=O)c1ccn[nH]1. The third kappa shape index (κ3) is 2.55. The first-order chi connectivity index (χ1) is 8.08. The molecule has 0 saturated heterocycles. The van der Waals surface area contributed by atoms with E-state index in [1.807, 2.05) is 26.0 Å². The summed E-state index contributed by atoms with van der Waals surface area (Å²) in [5.74, 6) is -0.184. The molecule has 0 fully saturated rings. The quantitative estimate of drug-likeness (QED) is 0.894. The van der Waals surface area contributed by atoms with Gasteiger partial charge in [0.05, 0.1) is 0 Å². The summed E-state index contributed by atoms with van der Waals surface area (Å²) in [5, 5.41) is 9.26. The number of rotatable bonds is 2. The van der Waals surface area contributed by atoms with Gasteiger partial charge in [0.15, 0.2) is 0 Å². The second-order valence-corrected chi connectivity index (χ2v) is 4.75. The van der Waals surface area contributed by atoms with Gasteiger partial charge in [0.2, 0.25) is 0 Å². The minimum atomic E-state index is -0.184. The van der Waals surface area contributed by atoms with Crippen LogP contribution in [0, 0.1) is 13.8 Å². The van der Waals surface area contributed by atoms with Crippen LogP contribution in [0.25, 0.3) is 0 Å². The Balaban J connectivity index is 2.28. The number of aryl methyl sites for hydroxylation is 2. The lowest BCUT2D eigenvalue weighted by molar-refractivity contribution is 0.102. The Labute approximate surface area is 108 Å². The van der Waals surface area contributed by atoms with Gasteiger partial charge in [-0.15, -0.1) is 0 Å². The van der Waals surface area contributed by atoms with Crippen molar-refractivity contribution in [2.24, 2.45) is 0 Å². The molecule has 0 aliphatic rings. The van der Waals surface area contributed by atoms with Crippen molar-refractivity contribution in [1.29, 1.82) is 0 Å². The molecule has 2 aromatic rings. The number of hydrogen-bond donors (Lipinski definition) is 2. The summed E-state index contributed by atoms with van der Waals surface area (Å²) >= 11 is 3.42. The smallest absolute Gasteiger partial charge is 0.273 e. The molecule has 17 heavy (non-hydrogen) atoms. The van der Waals surface area contributed by atoms with E-state index in [2.05, 4.69) is 31.4 Å². The van der Waals surface area contributed by atoms with Crippen LogP contribution in [0.3, 0.4) is 0 Å². The highest BCUT2D eigenvalue weighted by Crippen LogP contribution is 2.25. The van der Waals surface area contributed by atoms with Crippen LogP contribution in [0.4, 0.5) is 5.69 Å². The molecule has 88 valence electrons. The van der Waals surface area contributed by atoms with Gasteiger partial charge in [-0.25, -0.2) is 0 Å². The number of benzene rings is 1. The highest BCUT2D eigenvalue weighted by atomic mass is 79.9. The summed E-state index contributed by atoms with van der Waals surface area (Å²) in [7, 11) is 0. The number of nitrogens with one attached hydrogen (secondary N) is 2. The lowest BCUT2D eigenvalue weighted by Crippen LogP contribution is -2.14. The van der Waals surface area contributed by atoms with Crippen LogP contribution in [-0.4, -0.2) is 16.1 Å². The number of carbonyl (C=O) groups excluding carboxylic acids is 1. The third-order valence-electron chi connectivity index (χ3n) is 2.48. The Morgan fingerprint density at radius 2 is 2.00 bits per heavy atom. The Hall–Kier alpha value is -1.62. The zero-order valence-electron chi connectivity index (χ0n) is 9.54. The Kier molecular flexibility index (Phi) is 3.28. The van der Waals surface area contributed by atoms with Crippen LogP contribution in [0.2, 0.25) is 0 Å². The van der Waals surface area contributed by atoms with Gasteiger partial charge in [-0.3, -0.25) is 9.89 Å². The van der Waals surface area contributed by atoms with Crippen LogP contribution in [-0.2, 0) is 0 Å². The van der Waals surface area contributed by atoms with Crippen LogP contribution in [0.5, 0.6) is 0 Å². The molecular weight excluding hydrogens is 282 g/mol. The van der Waals surface area contributed by atoms with Gasteiger partial charge in [0, 0.05) is 16.4 Å². The average molecular weight is 294 g/mol. The van der Waals surface area contributed by atoms with Crippen LogP contribution < -0.4 is 5.32 Å². The van der Waals surface area contributed by atoms with Crippen molar-refractivity contribution in [3.05, 3.63) is 45.7 Å². The molecule has 4 nitrogen and oxygen atoms in total. The summed E-state index contributed by atoms with van der Waals surface area (Å²) in [6, 6.07) is 5.57. The van der Waals surface area contributed by atoms with Gasteiger partial charge in [-0.2, -0.15) is 5.10 Å². The predicted molar refractivity (Wildman–Crippen MR) is 70.2 cm³/mol. The van der Waals surface area contributed by atoms with Crippen molar-refractivity contribution in [2.75, 3.05) is 5.32 Å². The largest absolute Gasteiger partial charge is 0.320 e. The van der Waals surface area contributed by atoms with Gasteiger partial charge in [-0.1, -0.05) is 15.9 Å². The molecule has 1 aromatic heterocycles. The number of aromatic amines is 1. The molecular formula is C12H12BrN3O. The normalized spacial score (nSPS) is 10.3. The highest BCUT2D eigenvalue weighted by Gasteiger charge is 2.11. The third-order valence-corrected chi connectivity index (χ3v) is 2.94.